The summed E-state index contributed by atoms with van der Waals surface area (Å²) in [5.74, 6) is -2.47. The van der Waals surface area contributed by atoms with E-state index in [2.05, 4.69) is 10.5 Å². The van der Waals surface area contributed by atoms with Crippen LogP contribution >= 0.6 is 0 Å². The number of aryl methyl sites for hydroxylation is 1. The van der Waals surface area contributed by atoms with Gasteiger partial charge in [-0.15, -0.1) is 0 Å². The fraction of sp³-hybridized carbons (Fsp3) is 0.333. The average molecular weight is 301 g/mol. The van der Waals surface area contributed by atoms with Crippen molar-refractivity contribution in [3.8, 4) is 0 Å². The largest absolute Gasteiger partial charge is 0.461 e. The normalized spacial score (nSPS) is 23.2. The molecule has 0 aromatic heterocycles. The maximum Gasteiger partial charge on any atom is 0.355 e. The molecule has 0 bridgehead atoms. The van der Waals surface area contributed by atoms with Crippen molar-refractivity contribution in [2.24, 2.45) is 11.0 Å². The number of nitrogens with one attached hydrogen (secondary N) is 1. The Morgan fingerprint density at radius 2 is 1.95 bits per heavy atom. The lowest BCUT2D eigenvalue weighted by Crippen LogP contribution is -2.36. The minimum atomic E-state index is -0.923. The van der Waals surface area contributed by atoms with Gasteiger partial charge in [0.2, 0.25) is 5.91 Å². The second kappa shape index (κ2) is 5.25. The lowest BCUT2D eigenvalue weighted by atomic mass is 9.99. The molecule has 22 heavy (non-hydrogen) atoms. The maximum absolute atomic E-state index is 12.6. The third-order valence-corrected chi connectivity index (χ3v) is 3.70. The second-order valence-corrected chi connectivity index (χ2v) is 5.15. The van der Waals surface area contributed by atoms with E-state index in [0.717, 1.165) is 10.5 Å². The van der Waals surface area contributed by atoms with Crippen molar-refractivity contribution in [3.05, 3.63) is 29.8 Å². The van der Waals surface area contributed by atoms with Crippen molar-refractivity contribution in [2.45, 2.75) is 19.9 Å². The minimum Gasteiger partial charge on any atom is -0.461 e. The summed E-state index contributed by atoms with van der Waals surface area (Å²) in [7, 11) is 0. The fourth-order valence-corrected chi connectivity index (χ4v) is 2.61. The first-order valence-corrected chi connectivity index (χ1v) is 6.99. The summed E-state index contributed by atoms with van der Waals surface area (Å²) in [4.78, 5) is 38.0. The first-order valence-electron chi connectivity index (χ1n) is 6.99. The Hall–Kier alpha value is -2.70. The Balaban J connectivity index is 1.91. The van der Waals surface area contributed by atoms with Crippen LogP contribution in [0.1, 0.15) is 12.5 Å². The number of fused-ring (bicyclic) bond motifs is 1. The summed E-state index contributed by atoms with van der Waals surface area (Å²) in [6, 6.07) is 6.20. The Morgan fingerprint density at radius 3 is 2.59 bits per heavy atom. The van der Waals surface area contributed by atoms with Gasteiger partial charge in [0.25, 0.3) is 5.91 Å². The number of benzene rings is 1. The van der Waals surface area contributed by atoms with Crippen LogP contribution in [-0.2, 0) is 19.1 Å². The first-order chi connectivity index (χ1) is 10.5. The molecule has 1 saturated heterocycles. The molecule has 0 aliphatic carbocycles. The number of hydrazone groups is 1. The molecule has 1 fully saturated rings. The summed E-state index contributed by atoms with van der Waals surface area (Å²) >= 11 is 0. The van der Waals surface area contributed by atoms with Gasteiger partial charge < -0.3 is 4.74 Å². The smallest absolute Gasteiger partial charge is 0.355 e. The van der Waals surface area contributed by atoms with E-state index in [0.29, 0.717) is 5.69 Å². The summed E-state index contributed by atoms with van der Waals surface area (Å²) in [5, 5.41) is 3.81. The summed E-state index contributed by atoms with van der Waals surface area (Å²) in [6.45, 7) is 3.76. The number of hydrogen-bond donors (Lipinski definition) is 1. The molecular weight excluding hydrogens is 286 g/mol. The number of rotatable bonds is 3. The van der Waals surface area contributed by atoms with Gasteiger partial charge in [0.05, 0.1) is 12.3 Å². The number of nitrogens with zero attached hydrogens (tertiary/aromatic N) is 2. The highest BCUT2D eigenvalue weighted by atomic mass is 16.5. The molecule has 2 amide bonds. The van der Waals surface area contributed by atoms with E-state index in [1.165, 1.54) is 0 Å². The van der Waals surface area contributed by atoms with Gasteiger partial charge in [-0.05, 0) is 26.0 Å². The maximum atomic E-state index is 12.6. The van der Waals surface area contributed by atoms with Gasteiger partial charge in [-0.1, -0.05) is 17.7 Å². The molecule has 7 heteroatoms. The molecule has 7 nitrogen and oxygen atoms in total. The molecule has 0 radical (unpaired) electrons. The molecule has 0 unspecified atom stereocenters. The molecule has 0 saturated carbocycles. The molecule has 2 heterocycles. The standard InChI is InChI=1S/C15H15N3O4/c1-3-22-15(21)12-10-11(16-17-12)14(20)18(13(10)19)9-6-4-8(2)5-7-9/h4-7,10-11,16H,3H2,1-2H3/t10-,11-/m0/s1. The number of imide groups is 1. The number of esters is 1. The van der Waals surface area contributed by atoms with Crippen LogP contribution in [-0.4, -0.2) is 36.1 Å². The molecule has 2 aliphatic heterocycles. The topological polar surface area (TPSA) is 88.1 Å². The lowest BCUT2D eigenvalue weighted by Gasteiger charge is -2.15. The van der Waals surface area contributed by atoms with Gasteiger partial charge in [0, 0.05) is 0 Å². The van der Waals surface area contributed by atoms with Crippen LogP contribution < -0.4 is 10.3 Å². The van der Waals surface area contributed by atoms with Gasteiger partial charge in [-0.2, -0.15) is 5.10 Å². The predicted octanol–water partition coefficient (Wildman–Crippen LogP) is 0.375. The Morgan fingerprint density at radius 1 is 1.27 bits per heavy atom. The predicted molar refractivity (Wildman–Crippen MR) is 78.2 cm³/mol. The Bertz CT molecular complexity index is 681. The van der Waals surface area contributed by atoms with E-state index < -0.39 is 29.7 Å². The first kappa shape index (κ1) is 14.2. The van der Waals surface area contributed by atoms with Crippen LogP contribution in [0.15, 0.2) is 29.4 Å². The second-order valence-electron chi connectivity index (χ2n) is 5.15. The quantitative estimate of drug-likeness (QED) is 0.644. The van der Waals surface area contributed by atoms with Crippen molar-refractivity contribution in [1.82, 2.24) is 5.43 Å². The molecule has 0 spiro atoms. The molecule has 1 aromatic carbocycles. The highest BCUT2D eigenvalue weighted by Gasteiger charge is 2.55. The van der Waals surface area contributed by atoms with Crippen LogP contribution in [0.2, 0.25) is 0 Å². The van der Waals surface area contributed by atoms with Crippen molar-refractivity contribution >= 4 is 29.2 Å². The summed E-state index contributed by atoms with van der Waals surface area (Å²) in [6.07, 6.45) is 0. The minimum absolute atomic E-state index is 0.0418. The molecule has 3 rings (SSSR count). The van der Waals surface area contributed by atoms with E-state index in [9.17, 15) is 14.4 Å². The Labute approximate surface area is 126 Å². The van der Waals surface area contributed by atoms with E-state index >= 15 is 0 Å². The van der Waals surface area contributed by atoms with Crippen LogP contribution in [0.3, 0.4) is 0 Å². The van der Waals surface area contributed by atoms with E-state index in [1.807, 2.05) is 19.1 Å². The van der Waals surface area contributed by atoms with Crippen LogP contribution in [0.25, 0.3) is 0 Å². The highest BCUT2D eigenvalue weighted by Crippen LogP contribution is 2.30. The molecule has 2 atom stereocenters. The van der Waals surface area contributed by atoms with Crippen molar-refractivity contribution in [2.75, 3.05) is 11.5 Å². The zero-order valence-corrected chi connectivity index (χ0v) is 12.2. The van der Waals surface area contributed by atoms with E-state index in [1.54, 1.807) is 19.1 Å². The monoisotopic (exact) mass is 301 g/mol. The SMILES string of the molecule is CCOC(=O)C1=NN[C@@H]2C(=O)N(c3ccc(C)cc3)C(=O)[C@H]12. The van der Waals surface area contributed by atoms with Crippen molar-refractivity contribution in [1.29, 1.82) is 0 Å². The van der Waals surface area contributed by atoms with Crippen LogP contribution in [0, 0.1) is 12.8 Å². The van der Waals surface area contributed by atoms with E-state index in [-0.39, 0.29) is 12.3 Å². The molecule has 2 aliphatic rings. The highest BCUT2D eigenvalue weighted by molar-refractivity contribution is 6.46. The zero-order valence-electron chi connectivity index (χ0n) is 12.2. The average Bonchev–Trinajstić information content (AvgIpc) is 3.03. The number of anilines is 1. The lowest BCUT2D eigenvalue weighted by molar-refractivity contribution is -0.136. The van der Waals surface area contributed by atoms with Gasteiger partial charge >= 0.3 is 5.97 Å². The number of ether oxygens (including phenoxy) is 1. The summed E-state index contributed by atoms with van der Waals surface area (Å²) < 4.78 is 4.88. The van der Waals surface area contributed by atoms with Crippen LogP contribution in [0.4, 0.5) is 5.69 Å². The molecule has 114 valence electrons. The Kier molecular flexibility index (Phi) is 3.40. The number of amides is 2. The third-order valence-electron chi connectivity index (χ3n) is 3.70. The number of carbonyl (C=O) groups is 3. The van der Waals surface area contributed by atoms with Crippen molar-refractivity contribution in [3.63, 3.8) is 0 Å². The van der Waals surface area contributed by atoms with Crippen LogP contribution in [0.5, 0.6) is 0 Å². The third kappa shape index (κ3) is 2.05. The van der Waals surface area contributed by atoms with Gasteiger partial charge in [-0.25, -0.2) is 9.69 Å². The van der Waals surface area contributed by atoms with Gasteiger partial charge in [-0.3, -0.25) is 15.0 Å². The number of carbonyl (C=O) groups excluding carboxylic acids is 3. The molecule has 1 aromatic rings. The van der Waals surface area contributed by atoms with E-state index in [4.69, 9.17) is 4.74 Å². The number of hydrogen-bond acceptors (Lipinski definition) is 6. The fourth-order valence-electron chi connectivity index (χ4n) is 2.61. The zero-order chi connectivity index (χ0) is 15.9. The van der Waals surface area contributed by atoms with Gasteiger partial charge in [0.1, 0.15) is 12.0 Å². The summed E-state index contributed by atoms with van der Waals surface area (Å²) in [5.41, 5.74) is 4.04. The molecular formula is C15H15N3O4. The van der Waals surface area contributed by atoms with Crippen molar-refractivity contribution < 1.29 is 19.1 Å². The van der Waals surface area contributed by atoms with Gasteiger partial charge in [0.15, 0.2) is 5.71 Å². The molecule has 1 N–H and O–H groups in total.